The quantitative estimate of drug-likeness (QED) is 0.753. The maximum absolute atomic E-state index is 4.57. The zero-order valence-corrected chi connectivity index (χ0v) is 13.9. The van der Waals surface area contributed by atoms with E-state index in [9.17, 15) is 0 Å². The van der Waals surface area contributed by atoms with Gasteiger partial charge in [-0.3, -0.25) is 0 Å². The highest BCUT2D eigenvalue weighted by atomic mass is 32.1. The molecule has 1 N–H and O–H groups in total. The number of hydrogen-bond acceptors (Lipinski definition) is 4. The molecule has 0 radical (unpaired) electrons. The van der Waals surface area contributed by atoms with Gasteiger partial charge in [0, 0.05) is 17.5 Å². The van der Waals surface area contributed by atoms with Crippen LogP contribution in [0, 0.1) is 13.8 Å². The summed E-state index contributed by atoms with van der Waals surface area (Å²) in [6, 6.07) is 0.570. The van der Waals surface area contributed by atoms with Crippen molar-refractivity contribution in [2.24, 2.45) is 0 Å². The maximum atomic E-state index is 4.57. The first-order chi connectivity index (χ1) is 9.06. The zero-order chi connectivity index (χ0) is 14.3. The van der Waals surface area contributed by atoms with E-state index in [1.807, 2.05) is 11.3 Å². The summed E-state index contributed by atoms with van der Waals surface area (Å²) < 4.78 is 0. The molecule has 0 aromatic carbocycles. The smallest absolute Gasteiger partial charge is 0.107 e. The summed E-state index contributed by atoms with van der Waals surface area (Å²) in [5, 5.41) is 4.79. The number of nitrogens with one attached hydrogen (secondary N) is 1. The van der Waals surface area contributed by atoms with Gasteiger partial charge in [0.1, 0.15) is 5.01 Å². The van der Waals surface area contributed by atoms with Crippen molar-refractivity contribution < 1.29 is 0 Å². The highest BCUT2D eigenvalue weighted by molar-refractivity contribution is 7.11. The van der Waals surface area contributed by atoms with Crippen LogP contribution in [0.4, 0.5) is 0 Å². The van der Waals surface area contributed by atoms with Gasteiger partial charge in [-0.2, -0.15) is 0 Å². The Kier molecular flexibility index (Phi) is 7.57. The lowest BCUT2D eigenvalue weighted by Gasteiger charge is -2.19. The van der Waals surface area contributed by atoms with E-state index in [1.165, 1.54) is 35.0 Å². The molecule has 0 aliphatic carbocycles. The molecule has 0 aliphatic rings. The van der Waals surface area contributed by atoms with Crippen LogP contribution in [0.1, 0.15) is 49.2 Å². The summed E-state index contributed by atoms with van der Waals surface area (Å²) in [5.41, 5.74) is 1.18. The Labute approximate surface area is 122 Å². The monoisotopic (exact) mass is 283 g/mol. The van der Waals surface area contributed by atoms with Gasteiger partial charge >= 0.3 is 0 Å². The molecule has 19 heavy (non-hydrogen) atoms. The lowest BCUT2D eigenvalue weighted by Crippen LogP contribution is -2.28. The molecule has 3 nitrogen and oxygen atoms in total. The molecule has 0 saturated heterocycles. The van der Waals surface area contributed by atoms with Crippen LogP contribution in [0.15, 0.2) is 0 Å². The van der Waals surface area contributed by atoms with Crippen molar-refractivity contribution in [3.63, 3.8) is 0 Å². The molecule has 0 amide bonds. The van der Waals surface area contributed by atoms with Crippen molar-refractivity contribution in [1.82, 2.24) is 15.2 Å². The largest absolute Gasteiger partial charge is 0.308 e. The van der Waals surface area contributed by atoms with Crippen LogP contribution in [0.5, 0.6) is 0 Å². The number of aryl methyl sites for hydroxylation is 2. The number of hydrogen-bond donors (Lipinski definition) is 1. The van der Waals surface area contributed by atoms with E-state index in [-0.39, 0.29) is 0 Å². The Morgan fingerprint density at radius 1 is 1.26 bits per heavy atom. The van der Waals surface area contributed by atoms with Gasteiger partial charge in [-0.1, -0.05) is 13.8 Å². The van der Waals surface area contributed by atoms with Crippen LogP contribution in [-0.2, 0) is 6.54 Å². The van der Waals surface area contributed by atoms with Gasteiger partial charge in [-0.15, -0.1) is 11.3 Å². The molecule has 1 unspecified atom stereocenters. The predicted octanol–water partition coefficient (Wildman–Crippen LogP) is 3.36. The standard InChI is InChI=1S/C15H29N3S/c1-6-18(7-2)10-8-9-12(3)16-11-15-17-13(4)14(5)19-15/h12,16H,6-11H2,1-5H3. The first-order valence-electron chi connectivity index (χ1n) is 7.45. The molecule has 4 heteroatoms. The highest BCUT2D eigenvalue weighted by Crippen LogP contribution is 2.16. The molecule has 1 atom stereocenters. The van der Waals surface area contributed by atoms with Crippen molar-refractivity contribution in [3.8, 4) is 0 Å². The molecule has 1 aromatic heterocycles. The second-order valence-corrected chi connectivity index (χ2v) is 6.49. The normalized spacial score (nSPS) is 13.2. The SMILES string of the molecule is CCN(CC)CCCC(C)NCc1nc(C)c(C)s1. The summed E-state index contributed by atoms with van der Waals surface area (Å²) in [7, 11) is 0. The molecule has 1 rings (SSSR count). The third kappa shape index (κ3) is 6.02. The van der Waals surface area contributed by atoms with Gasteiger partial charge < -0.3 is 10.2 Å². The van der Waals surface area contributed by atoms with E-state index in [4.69, 9.17) is 0 Å². The fourth-order valence-electron chi connectivity index (χ4n) is 2.14. The van der Waals surface area contributed by atoms with Gasteiger partial charge in [0.25, 0.3) is 0 Å². The van der Waals surface area contributed by atoms with Crippen LogP contribution in [0.3, 0.4) is 0 Å². The third-order valence-electron chi connectivity index (χ3n) is 3.68. The fraction of sp³-hybridized carbons (Fsp3) is 0.800. The topological polar surface area (TPSA) is 28.2 Å². The third-order valence-corrected chi connectivity index (χ3v) is 4.75. The van der Waals surface area contributed by atoms with Gasteiger partial charge in [0.15, 0.2) is 0 Å². The summed E-state index contributed by atoms with van der Waals surface area (Å²) >= 11 is 1.81. The van der Waals surface area contributed by atoms with E-state index < -0.39 is 0 Å². The van der Waals surface area contributed by atoms with Crippen molar-refractivity contribution in [1.29, 1.82) is 0 Å². The lowest BCUT2D eigenvalue weighted by atomic mass is 10.2. The van der Waals surface area contributed by atoms with Crippen molar-refractivity contribution in [2.75, 3.05) is 19.6 Å². The van der Waals surface area contributed by atoms with E-state index in [0.29, 0.717) is 6.04 Å². The molecule has 0 fully saturated rings. The lowest BCUT2D eigenvalue weighted by molar-refractivity contribution is 0.290. The highest BCUT2D eigenvalue weighted by Gasteiger charge is 2.07. The minimum atomic E-state index is 0.570. The molecule has 110 valence electrons. The molecular formula is C15H29N3S. The van der Waals surface area contributed by atoms with Gasteiger partial charge in [-0.05, 0) is 53.2 Å². The summed E-state index contributed by atoms with van der Waals surface area (Å²) in [4.78, 5) is 8.39. The molecule has 0 bridgehead atoms. The van der Waals surface area contributed by atoms with E-state index in [0.717, 1.165) is 19.6 Å². The number of thiazole rings is 1. The molecule has 0 spiro atoms. The van der Waals surface area contributed by atoms with Gasteiger partial charge in [0.2, 0.25) is 0 Å². The average molecular weight is 283 g/mol. The Bertz CT molecular complexity index is 339. The minimum absolute atomic E-state index is 0.570. The molecule has 1 aromatic rings. The second-order valence-electron chi connectivity index (χ2n) is 5.20. The zero-order valence-electron chi connectivity index (χ0n) is 13.1. The second kappa shape index (κ2) is 8.67. The fourth-order valence-corrected chi connectivity index (χ4v) is 3.02. The maximum Gasteiger partial charge on any atom is 0.107 e. The number of aromatic nitrogens is 1. The van der Waals surface area contributed by atoms with Crippen LogP contribution >= 0.6 is 11.3 Å². The van der Waals surface area contributed by atoms with Crippen LogP contribution < -0.4 is 5.32 Å². The van der Waals surface area contributed by atoms with E-state index in [1.54, 1.807) is 0 Å². The average Bonchev–Trinajstić information content (AvgIpc) is 2.72. The van der Waals surface area contributed by atoms with Crippen LogP contribution in [0.25, 0.3) is 0 Å². The van der Waals surface area contributed by atoms with Crippen molar-refractivity contribution in [2.45, 2.75) is 60.0 Å². The minimum Gasteiger partial charge on any atom is -0.308 e. The molecule has 1 heterocycles. The first-order valence-corrected chi connectivity index (χ1v) is 8.27. The first kappa shape index (κ1) is 16.6. The van der Waals surface area contributed by atoms with Crippen LogP contribution in [0.2, 0.25) is 0 Å². The van der Waals surface area contributed by atoms with Gasteiger partial charge in [-0.25, -0.2) is 4.98 Å². The summed E-state index contributed by atoms with van der Waals surface area (Å²) in [5.74, 6) is 0. The summed E-state index contributed by atoms with van der Waals surface area (Å²) in [6.07, 6.45) is 2.51. The molecule has 0 aliphatic heterocycles. The van der Waals surface area contributed by atoms with Gasteiger partial charge in [0.05, 0.1) is 5.69 Å². The number of rotatable bonds is 9. The predicted molar refractivity (Wildman–Crippen MR) is 84.9 cm³/mol. The molecular weight excluding hydrogens is 254 g/mol. The van der Waals surface area contributed by atoms with Crippen molar-refractivity contribution >= 4 is 11.3 Å². The number of nitrogens with zero attached hydrogens (tertiary/aromatic N) is 2. The summed E-state index contributed by atoms with van der Waals surface area (Å²) in [6.45, 7) is 15.4. The Balaban J connectivity index is 2.19. The Hall–Kier alpha value is -0.450. The van der Waals surface area contributed by atoms with E-state index >= 15 is 0 Å². The van der Waals surface area contributed by atoms with Crippen LogP contribution in [-0.4, -0.2) is 35.6 Å². The van der Waals surface area contributed by atoms with E-state index in [2.05, 4.69) is 49.8 Å². The Morgan fingerprint density at radius 3 is 2.47 bits per heavy atom. The molecule has 0 saturated carbocycles. The van der Waals surface area contributed by atoms with Crippen molar-refractivity contribution in [3.05, 3.63) is 15.6 Å². The Morgan fingerprint density at radius 2 is 1.95 bits per heavy atom.